The molecule has 1 aromatic carbocycles. The van der Waals surface area contributed by atoms with Gasteiger partial charge >= 0.3 is 11.6 Å². The summed E-state index contributed by atoms with van der Waals surface area (Å²) in [5.41, 5.74) is -0.571. The van der Waals surface area contributed by atoms with Crippen LogP contribution in [0.3, 0.4) is 0 Å². The molecule has 0 fully saturated rings. The van der Waals surface area contributed by atoms with E-state index in [2.05, 4.69) is 15.3 Å². The van der Waals surface area contributed by atoms with Crippen molar-refractivity contribution in [3.8, 4) is 11.6 Å². The van der Waals surface area contributed by atoms with Crippen molar-refractivity contribution in [3.05, 3.63) is 46.3 Å². The van der Waals surface area contributed by atoms with Crippen LogP contribution in [0.2, 0.25) is 0 Å². The lowest BCUT2D eigenvalue weighted by Gasteiger charge is -2.07. The summed E-state index contributed by atoms with van der Waals surface area (Å²) < 4.78 is 31.5. The molecule has 104 valence electrons. The van der Waals surface area contributed by atoms with E-state index in [-0.39, 0.29) is 5.82 Å². The van der Waals surface area contributed by atoms with Crippen molar-refractivity contribution in [1.82, 2.24) is 9.97 Å². The van der Waals surface area contributed by atoms with E-state index in [1.807, 2.05) is 0 Å². The van der Waals surface area contributed by atoms with Crippen molar-refractivity contribution in [3.63, 3.8) is 0 Å². The molecule has 0 atom stereocenters. The van der Waals surface area contributed by atoms with E-state index in [1.54, 1.807) is 0 Å². The van der Waals surface area contributed by atoms with E-state index in [9.17, 15) is 18.9 Å². The van der Waals surface area contributed by atoms with E-state index >= 15 is 0 Å². The number of halogens is 2. The summed E-state index contributed by atoms with van der Waals surface area (Å²) in [6.45, 7) is 0. The van der Waals surface area contributed by atoms with Crippen LogP contribution in [-0.4, -0.2) is 21.9 Å². The van der Waals surface area contributed by atoms with Gasteiger partial charge in [0.2, 0.25) is 5.82 Å². The normalized spacial score (nSPS) is 10.2. The van der Waals surface area contributed by atoms with Gasteiger partial charge in [0.05, 0.1) is 4.92 Å². The molecule has 0 saturated heterocycles. The van der Waals surface area contributed by atoms with Crippen molar-refractivity contribution in [2.75, 3.05) is 12.4 Å². The Balaban J connectivity index is 2.48. The minimum atomic E-state index is -0.870. The summed E-state index contributed by atoms with van der Waals surface area (Å²) in [6.07, 6.45) is 1.01. The van der Waals surface area contributed by atoms with Crippen molar-refractivity contribution < 1.29 is 18.4 Å². The van der Waals surface area contributed by atoms with Crippen LogP contribution in [-0.2, 0) is 0 Å². The molecule has 1 N–H and O–H groups in total. The second kappa shape index (κ2) is 5.43. The number of hydrogen-bond donors (Lipinski definition) is 1. The van der Waals surface area contributed by atoms with Gasteiger partial charge in [0, 0.05) is 13.1 Å². The summed E-state index contributed by atoms with van der Waals surface area (Å²) in [7, 11) is 1.42. The summed E-state index contributed by atoms with van der Waals surface area (Å²) in [4.78, 5) is 17.4. The molecule has 0 spiro atoms. The summed E-state index contributed by atoms with van der Waals surface area (Å²) in [5, 5.41) is 13.5. The number of anilines is 1. The summed E-state index contributed by atoms with van der Waals surface area (Å²) in [5.74, 6) is -2.71. The van der Waals surface area contributed by atoms with Crippen molar-refractivity contribution in [1.29, 1.82) is 0 Å². The lowest BCUT2D eigenvalue weighted by atomic mass is 10.3. The van der Waals surface area contributed by atoms with Gasteiger partial charge in [-0.05, 0) is 12.1 Å². The standard InChI is InChI=1S/C11H8F2N4O3/c1-14-10-9(17(18)19)11(16-5-15-10)20-8-4-6(12)2-3-7(8)13/h2-5H,1H3,(H,14,15,16). The van der Waals surface area contributed by atoms with E-state index < -0.39 is 33.9 Å². The molecular weight excluding hydrogens is 274 g/mol. The Morgan fingerprint density at radius 3 is 2.75 bits per heavy atom. The fraction of sp³-hybridized carbons (Fsp3) is 0.0909. The molecule has 20 heavy (non-hydrogen) atoms. The van der Waals surface area contributed by atoms with Gasteiger partial charge in [-0.1, -0.05) is 0 Å². The fourth-order valence-electron chi connectivity index (χ4n) is 1.44. The van der Waals surface area contributed by atoms with Gasteiger partial charge in [-0.3, -0.25) is 10.1 Å². The Morgan fingerprint density at radius 1 is 1.35 bits per heavy atom. The van der Waals surface area contributed by atoms with Gasteiger partial charge in [-0.2, -0.15) is 4.98 Å². The Labute approximate surface area is 111 Å². The number of benzene rings is 1. The fourth-order valence-corrected chi connectivity index (χ4v) is 1.44. The first-order chi connectivity index (χ1) is 9.52. The number of nitro groups is 1. The second-order valence-corrected chi connectivity index (χ2v) is 3.56. The monoisotopic (exact) mass is 282 g/mol. The topological polar surface area (TPSA) is 90.2 Å². The van der Waals surface area contributed by atoms with Gasteiger partial charge in [0.1, 0.15) is 12.1 Å². The highest BCUT2D eigenvalue weighted by atomic mass is 19.1. The smallest absolute Gasteiger partial charge is 0.373 e. The molecule has 7 nitrogen and oxygen atoms in total. The first kappa shape index (κ1) is 13.6. The van der Waals surface area contributed by atoms with E-state index in [4.69, 9.17) is 4.74 Å². The number of hydrogen-bond acceptors (Lipinski definition) is 6. The van der Waals surface area contributed by atoms with Gasteiger partial charge in [0.15, 0.2) is 11.6 Å². The van der Waals surface area contributed by atoms with Crippen LogP contribution >= 0.6 is 0 Å². The predicted octanol–water partition coefficient (Wildman–Crippen LogP) is 2.50. The average molecular weight is 282 g/mol. The highest BCUT2D eigenvalue weighted by molar-refractivity contribution is 5.61. The zero-order valence-electron chi connectivity index (χ0n) is 10.1. The molecule has 2 aromatic rings. The maximum absolute atomic E-state index is 13.4. The molecule has 0 bridgehead atoms. The minimum absolute atomic E-state index is 0.100. The zero-order chi connectivity index (χ0) is 14.7. The third-order valence-electron chi connectivity index (χ3n) is 2.31. The third kappa shape index (κ3) is 2.60. The highest BCUT2D eigenvalue weighted by Gasteiger charge is 2.25. The van der Waals surface area contributed by atoms with Gasteiger partial charge < -0.3 is 10.1 Å². The van der Waals surface area contributed by atoms with Crippen LogP contribution < -0.4 is 10.1 Å². The number of aromatic nitrogens is 2. The number of rotatable bonds is 4. The third-order valence-corrected chi connectivity index (χ3v) is 2.31. The molecule has 2 rings (SSSR count). The van der Waals surface area contributed by atoms with Crippen molar-refractivity contribution in [2.45, 2.75) is 0 Å². The maximum Gasteiger partial charge on any atom is 0.373 e. The number of nitrogens with zero attached hydrogens (tertiary/aromatic N) is 3. The summed E-state index contributed by atoms with van der Waals surface area (Å²) in [6, 6.07) is 2.51. The van der Waals surface area contributed by atoms with Gasteiger partial charge in [0.25, 0.3) is 0 Å². The first-order valence-corrected chi connectivity index (χ1v) is 5.33. The molecule has 0 unspecified atom stereocenters. The van der Waals surface area contributed by atoms with Gasteiger partial charge in [-0.25, -0.2) is 13.8 Å². The molecule has 0 amide bonds. The predicted molar refractivity (Wildman–Crippen MR) is 64.7 cm³/mol. The van der Waals surface area contributed by atoms with Crippen molar-refractivity contribution in [2.24, 2.45) is 0 Å². The first-order valence-electron chi connectivity index (χ1n) is 5.33. The maximum atomic E-state index is 13.4. The average Bonchev–Trinajstić information content (AvgIpc) is 2.42. The molecule has 0 saturated carbocycles. The van der Waals surface area contributed by atoms with Gasteiger partial charge in [-0.15, -0.1) is 0 Å². The highest BCUT2D eigenvalue weighted by Crippen LogP contribution is 2.34. The van der Waals surface area contributed by atoms with E-state index in [1.165, 1.54) is 7.05 Å². The number of nitrogens with one attached hydrogen (secondary N) is 1. The molecule has 0 aliphatic heterocycles. The zero-order valence-corrected chi connectivity index (χ0v) is 10.1. The molecule has 0 radical (unpaired) electrons. The Hall–Kier alpha value is -2.84. The quantitative estimate of drug-likeness (QED) is 0.684. The largest absolute Gasteiger partial charge is 0.430 e. The lowest BCUT2D eigenvalue weighted by Crippen LogP contribution is -2.03. The SMILES string of the molecule is CNc1ncnc(Oc2cc(F)ccc2F)c1[N+](=O)[O-]. The second-order valence-electron chi connectivity index (χ2n) is 3.56. The lowest BCUT2D eigenvalue weighted by molar-refractivity contribution is -0.385. The molecule has 9 heteroatoms. The van der Waals surface area contributed by atoms with Crippen LogP contribution in [0.25, 0.3) is 0 Å². The van der Waals surface area contributed by atoms with Crippen molar-refractivity contribution >= 4 is 11.5 Å². The van der Waals surface area contributed by atoms with Crippen LogP contribution in [0, 0.1) is 21.7 Å². The van der Waals surface area contributed by atoms with Crippen LogP contribution in [0.4, 0.5) is 20.3 Å². The molecule has 0 aliphatic rings. The molecular formula is C11H8F2N4O3. The van der Waals surface area contributed by atoms with Crippen LogP contribution in [0.15, 0.2) is 24.5 Å². The molecule has 0 aliphatic carbocycles. The number of ether oxygens (including phenoxy) is 1. The Bertz CT molecular complexity index is 666. The summed E-state index contributed by atoms with van der Waals surface area (Å²) >= 11 is 0. The Kier molecular flexibility index (Phi) is 3.69. The minimum Gasteiger partial charge on any atom is -0.430 e. The molecule has 1 heterocycles. The molecule has 1 aromatic heterocycles. The van der Waals surface area contributed by atoms with E-state index in [0.717, 1.165) is 24.5 Å². The van der Waals surface area contributed by atoms with E-state index in [0.29, 0.717) is 0 Å². The van der Waals surface area contributed by atoms with Crippen LogP contribution in [0.5, 0.6) is 11.6 Å². The Morgan fingerprint density at radius 2 is 2.10 bits per heavy atom. The van der Waals surface area contributed by atoms with Crippen LogP contribution in [0.1, 0.15) is 0 Å².